The molecule has 0 N–H and O–H groups in total. The van der Waals surface area contributed by atoms with Gasteiger partial charge in [0.2, 0.25) is 0 Å². The van der Waals surface area contributed by atoms with Gasteiger partial charge in [-0.05, 0) is 30.1 Å². The van der Waals surface area contributed by atoms with E-state index in [0.717, 1.165) is 12.8 Å². The fourth-order valence-corrected chi connectivity index (χ4v) is 2.38. The van der Waals surface area contributed by atoms with Gasteiger partial charge in [-0.1, -0.05) is 27.7 Å². The van der Waals surface area contributed by atoms with Gasteiger partial charge in [0.15, 0.2) is 0 Å². The first-order chi connectivity index (χ1) is 4.91. The van der Waals surface area contributed by atoms with Crippen LogP contribution in [0.5, 0.6) is 0 Å². The van der Waals surface area contributed by atoms with Crippen LogP contribution in [0.4, 0.5) is 4.39 Å². The molecule has 1 aliphatic rings. The molecule has 1 saturated carbocycles. The highest BCUT2D eigenvalue weighted by Crippen LogP contribution is 2.44. The molecular weight excluding hydrogens is 139 g/mol. The molecule has 0 aromatic heterocycles. The molecule has 0 saturated heterocycles. The topological polar surface area (TPSA) is 0 Å². The first-order valence-electron chi connectivity index (χ1n) is 4.55. The quantitative estimate of drug-likeness (QED) is 0.506. The zero-order valence-corrected chi connectivity index (χ0v) is 8.02. The summed E-state index contributed by atoms with van der Waals surface area (Å²) in [4.78, 5) is 0. The van der Waals surface area contributed by atoms with Gasteiger partial charge in [0.1, 0.15) is 6.17 Å². The second-order valence-corrected chi connectivity index (χ2v) is 5.02. The van der Waals surface area contributed by atoms with Crippen molar-refractivity contribution in [3.05, 3.63) is 0 Å². The summed E-state index contributed by atoms with van der Waals surface area (Å²) in [5.41, 5.74) is 0.292. The van der Waals surface area contributed by atoms with E-state index in [0.29, 0.717) is 17.3 Å². The second kappa shape index (κ2) is 2.76. The van der Waals surface area contributed by atoms with E-state index in [4.69, 9.17) is 0 Å². The van der Waals surface area contributed by atoms with E-state index >= 15 is 0 Å². The Balaban J connectivity index is 2.60. The lowest BCUT2D eigenvalue weighted by atomic mass is 9.75. The van der Waals surface area contributed by atoms with Crippen molar-refractivity contribution in [2.75, 3.05) is 0 Å². The van der Waals surface area contributed by atoms with Gasteiger partial charge in [0.05, 0.1) is 0 Å². The predicted molar refractivity (Wildman–Crippen MR) is 46.2 cm³/mol. The van der Waals surface area contributed by atoms with Crippen molar-refractivity contribution >= 4 is 0 Å². The molecule has 0 heterocycles. The smallest absolute Gasteiger partial charge is 0.101 e. The summed E-state index contributed by atoms with van der Waals surface area (Å²) < 4.78 is 13.0. The minimum atomic E-state index is -0.533. The van der Waals surface area contributed by atoms with Crippen molar-refractivity contribution < 1.29 is 4.39 Å². The monoisotopic (exact) mass is 158 g/mol. The van der Waals surface area contributed by atoms with Crippen LogP contribution in [0.15, 0.2) is 0 Å². The Morgan fingerprint density at radius 3 is 1.91 bits per heavy atom. The molecule has 1 fully saturated rings. The standard InChI is InChI=1S/C10H19F/c1-7-5-8(11)6-9(7)10(2,3)4/h7-9H,5-6H2,1-4H3. The molecule has 66 valence electrons. The van der Waals surface area contributed by atoms with Crippen LogP contribution in [0.3, 0.4) is 0 Å². The maximum absolute atomic E-state index is 13.0. The molecule has 3 unspecified atom stereocenters. The van der Waals surface area contributed by atoms with E-state index in [1.54, 1.807) is 0 Å². The minimum Gasteiger partial charge on any atom is -0.247 e. The van der Waals surface area contributed by atoms with Crippen LogP contribution in [0, 0.1) is 17.3 Å². The molecule has 0 bridgehead atoms. The fourth-order valence-electron chi connectivity index (χ4n) is 2.38. The zero-order valence-electron chi connectivity index (χ0n) is 8.02. The van der Waals surface area contributed by atoms with E-state index in [9.17, 15) is 4.39 Å². The fraction of sp³-hybridized carbons (Fsp3) is 1.00. The predicted octanol–water partition coefficient (Wildman–Crippen LogP) is 3.42. The highest BCUT2D eigenvalue weighted by Gasteiger charge is 2.38. The van der Waals surface area contributed by atoms with Crippen LogP contribution < -0.4 is 0 Å². The molecular formula is C10H19F. The molecule has 0 nitrogen and oxygen atoms in total. The summed E-state index contributed by atoms with van der Waals surface area (Å²) in [7, 11) is 0. The van der Waals surface area contributed by atoms with Crippen LogP contribution in [0.2, 0.25) is 0 Å². The molecule has 0 amide bonds. The molecule has 1 aliphatic carbocycles. The Morgan fingerprint density at radius 1 is 1.18 bits per heavy atom. The van der Waals surface area contributed by atoms with E-state index < -0.39 is 6.17 Å². The average molecular weight is 158 g/mol. The Labute approximate surface area is 69.2 Å². The van der Waals surface area contributed by atoms with Gasteiger partial charge in [-0.2, -0.15) is 0 Å². The highest BCUT2D eigenvalue weighted by atomic mass is 19.1. The molecule has 0 aromatic carbocycles. The highest BCUT2D eigenvalue weighted by molar-refractivity contribution is 4.87. The molecule has 1 rings (SSSR count). The zero-order chi connectivity index (χ0) is 8.65. The van der Waals surface area contributed by atoms with Crippen molar-refractivity contribution in [1.29, 1.82) is 0 Å². The van der Waals surface area contributed by atoms with Crippen molar-refractivity contribution in [1.82, 2.24) is 0 Å². The molecule has 0 spiro atoms. The third-order valence-electron chi connectivity index (χ3n) is 2.94. The lowest BCUT2D eigenvalue weighted by Gasteiger charge is -2.30. The maximum Gasteiger partial charge on any atom is 0.101 e. The molecule has 1 heteroatoms. The first-order valence-corrected chi connectivity index (χ1v) is 4.55. The lowest BCUT2D eigenvalue weighted by molar-refractivity contribution is 0.190. The number of hydrogen-bond donors (Lipinski definition) is 0. The van der Waals surface area contributed by atoms with E-state index in [1.807, 2.05) is 0 Å². The molecule has 11 heavy (non-hydrogen) atoms. The molecule has 3 atom stereocenters. The molecule has 0 aliphatic heterocycles. The maximum atomic E-state index is 13.0. The third kappa shape index (κ3) is 1.94. The Bertz CT molecular complexity index is 134. The summed E-state index contributed by atoms with van der Waals surface area (Å²) in [5.74, 6) is 1.16. The number of halogens is 1. The Hall–Kier alpha value is -0.0700. The Kier molecular flexibility index (Phi) is 2.27. The summed E-state index contributed by atoms with van der Waals surface area (Å²) in [6.07, 6.45) is 1.03. The van der Waals surface area contributed by atoms with Crippen LogP contribution in [0.1, 0.15) is 40.5 Å². The van der Waals surface area contributed by atoms with Gasteiger partial charge in [0.25, 0.3) is 0 Å². The summed E-state index contributed by atoms with van der Waals surface area (Å²) in [6, 6.07) is 0. The SMILES string of the molecule is CC1CC(F)CC1C(C)(C)C. The normalized spacial score (nSPS) is 39.5. The van der Waals surface area contributed by atoms with Gasteiger partial charge < -0.3 is 0 Å². The van der Waals surface area contributed by atoms with Gasteiger partial charge >= 0.3 is 0 Å². The first kappa shape index (κ1) is 9.02. The van der Waals surface area contributed by atoms with E-state index in [-0.39, 0.29) is 0 Å². The van der Waals surface area contributed by atoms with Crippen LogP contribution in [-0.4, -0.2) is 6.17 Å². The van der Waals surface area contributed by atoms with E-state index in [1.165, 1.54) is 0 Å². The van der Waals surface area contributed by atoms with Crippen LogP contribution >= 0.6 is 0 Å². The van der Waals surface area contributed by atoms with Crippen LogP contribution in [0.25, 0.3) is 0 Å². The molecule has 0 radical (unpaired) electrons. The number of hydrogen-bond acceptors (Lipinski definition) is 0. The lowest BCUT2D eigenvalue weighted by Crippen LogP contribution is -2.22. The van der Waals surface area contributed by atoms with Crippen molar-refractivity contribution in [3.8, 4) is 0 Å². The minimum absolute atomic E-state index is 0.292. The van der Waals surface area contributed by atoms with Crippen molar-refractivity contribution in [3.63, 3.8) is 0 Å². The van der Waals surface area contributed by atoms with Gasteiger partial charge in [-0.25, -0.2) is 4.39 Å². The average Bonchev–Trinajstić information content (AvgIpc) is 2.08. The number of rotatable bonds is 0. The van der Waals surface area contributed by atoms with Crippen molar-refractivity contribution in [2.45, 2.75) is 46.7 Å². The van der Waals surface area contributed by atoms with E-state index in [2.05, 4.69) is 27.7 Å². The summed E-state index contributed by atoms with van der Waals surface area (Å²) in [6.45, 7) is 8.82. The van der Waals surface area contributed by atoms with Crippen molar-refractivity contribution in [2.24, 2.45) is 17.3 Å². The Morgan fingerprint density at radius 2 is 1.73 bits per heavy atom. The summed E-state index contributed by atoms with van der Waals surface area (Å²) >= 11 is 0. The number of alkyl halides is 1. The molecule has 0 aromatic rings. The van der Waals surface area contributed by atoms with Gasteiger partial charge in [-0.3, -0.25) is 0 Å². The van der Waals surface area contributed by atoms with Crippen LogP contribution in [-0.2, 0) is 0 Å². The second-order valence-electron chi connectivity index (χ2n) is 5.02. The van der Waals surface area contributed by atoms with Gasteiger partial charge in [0, 0.05) is 0 Å². The third-order valence-corrected chi connectivity index (χ3v) is 2.94. The van der Waals surface area contributed by atoms with Gasteiger partial charge in [-0.15, -0.1) is 0 Å². The summed E-state index contributed by atoms with van der Waals surface area (Å²) in [5, 5.41) is 0. The largest absolute Gasteiger partial charge is 0.247 e.